The highest BCUT2D eigenvalue weighted by molar-refractivity contribution is 5.94. The lowest BCUT2D eigenvalue weighted by atomic mass is 10.1. The number of carbonyl (C=O) groups is 3. The number of carboxylic acids is 1. The summed E-state index contributed by atoms with van der Waals surface area (Å²) in [5.74, 6) is -1.04. The summed E-state index contributed by atoms with van der Waals surface area (Å²) in [6.07, 6.45) is -4.53. The Balaban J connectivity index is 1.15. The maximum Gasteiger partial charge on any atom is 0.416 e. The number of aromatic nitrogens is 3. The van der Waals surface area contributed by atoms with Gasteiger partial charge in [-0.05, 0) is 73.2 Å². The van der Waals surface area contributed by atoms with E-state index in [1.165, 1.54) is 39.8 Å². The highest BCUT2D eigenvalue weighted by Gasteiger charge is 2.31. The number of nitrogens with zero attached hydrogens (tertiary/aromatic N) is 5. The van der Waals surface area contributed by atoms with Gasteiger partial charge >= 0.3 is 18.2 Å². The molecule has 2 aromatic heterocycles. The van der Waals surface area contributed by atoms with Gasteiger partial charge in [0.25, 0.3) is 11.5 Å². The molecule has 0 bridgehead atoms. The van der Waals surface area contributed by atoms with Gasteiger partial charge < -0.3 is 25.5 Å². The predicted octanol–water partition coefficient (Wildman–Crippen LogP) is 5.09. The molecule has 0 unspecified atom stereocenters. The molecule has 12 nitrogen and oxygen atoms in total. The molecule has 0 radical (unpaired) electrons. The minimum atomic E-state index is -4.53. The van der Waals surface area contributed by atoms with Gasteiger partial charge in [0.2, 0.25) is 5.95 Å². The minimum absolute atomic E-state index is 0.0391. The van der Waals surface area contributed by atoms with Gasteiger partial charge in [0, 0.05) is 55.4 Å². The average molecular weight is 686 g/mol. The first-order valence-corrected chi connectivity index (χ1v) is 15.5. The molecule has 3 heterocycles. The standard InChI is InChI=1S/C35H30F3N7O5/c1-21-28-13-14-29(46)45(27-11-9-23(10-12-27)31(47)39-20-22-5-7-24(8-6-22)32(48)49)30(28)42-33(40-21)43-15-17-44(18-16-43)34(50)41-26-4-2-3-25(19-26)35(36,37)38/h2-14,19H,15-18,20H2,1H3,(H,39,47)(H,41,50)(H,48,49). The quantitative estimate of drug-likeness (QED) is 0.215. The number of aryl methyl sites for hydroxylation is 1. The van der Waals surface area contributed by atoms with Crippen molar-refractivity contribution in [1.82, 2.24) is 24.8 Å². The number of carboxylic acid groups (broad SMARTS) is 1. The number of halogens is 3. The topological polar surface area (TPSA) is 150 Å². The third kappa shape index (κ3) is 7.26. The Hall–Kier alpha value is -6.25. The molecule has 50 heavy (non-hydrogen) atoms. The Morgan fingerprint density at radius 2 is 1.54 bits per heavy atom. The third-order valence-corrected chi connectivity index (χ3v) is 8.26. The number of amides is 3. The zero-order valence-corrected chi connectivity index (χ0v) is 26.6. The summed E-state index contributed by atoms with van der Waals surface area (Å²) >= 11 is 0. The van der Waals surface area contributed by atoms with E-state index in [-0.39, 0.29) is 42.4 Å². The van der Waals surface area contributed by atoms with Crippen LogP contribution in [0.1, 0.15) is 37.5 Å². The number of rotatable bonds is 7. The molecule has 3 aromatic carbocycles. The van der Waals surface area contributed by atoms with Gasteiger partial charge in [-0.15, -0.1) is 0 Å². The van der Waals surface area contributed by atoms with Crippen molar-refractivity contribution in [2.75, 3.05) is 36.4 Å². The number of pyridine rings is 1. The van der Waals surface area contributed by atoms with E-state index in [1.807, 2.05) is 4.90 Å². The van der Waals surface area contributed by atoms with E-state index in [1.54, 1.807) is 49.4 Å². The van der Waals surface area contributed by atoms with E-state index in [4.69, 9.17) is 10.1 Å². The highest BCUT2D eigenvalue weighted by atomic mass is 19.4. The Morgan fingerprint density at radius 3 is 2.20 bits per heavy atom. The number of benzene rings is 3. The van der Waals surface area contributed by atoms with Crippen molar-refractivity contribution >= 4 is 40.6 Å². The van der Waals surface area contributed by atoms with Crippen molar-refractivity contribution in [3.05, 3.63) is 123 Å². The van der Waals surface area contributed by atoms with Crippen LogP contribution in [-0.4, -0.2) is 68.6 Å². The Bertz CT molecular complexity index is 2140. The molecular formula is C35H30F3N7O5. The zero-order valence-electron chi connectivity index (χ0n) is 26.6. The summed E-state index contributed by atoms with van der Waals surface area (Å²) in [5.41, 5.74) is 1.51. The van der Waals surface area contributed by atoms with Crippen molar-refractivity contribution in [2.45, 2.75) is 19.6 Å². The maximum absolute atomic E-state index is 13.2. The van der Waals surface area contributed by atoms with Crippen molar-refractivity contribution in [1.29, 1.82) is 0 Å². The van der Waals surface area contributed by atoms with Gasteiger partial charge in [0.05, 0.1) is 22.5 Å². The first kappa shape index (κ1) is 33.6. The number of anilines is 2. The van der Waals surface area contributed by atoms with Crippen LogP contribution in [0.3, 0.4) is 0 Å². The van der Waals surface area contributed by atoms with Crippen LogP contribution in [0.2, 0.25) is 0 Å². The number of alkyl halides is 3. The second kappa shape index (κ2) is 13.7. The first-order chi connectivity index (χ1) is 23.9. The van der Waals surface area contributed by atoms with Gasteiger partial charge in [-0.3, -0.25) is 14.2 Å². The summed E-state index contributed by atoms with van der Waals surface area (Å²) in [7, 11) is 0. The van der Waals surface area contributed by atoms with Gasteiger partial charge in [-0.2, -0.15) is 18.2 Å². The molecule has 1 aliphatic rings. The highest BCUT2D eigenvalue weighted by Crippen LogP contribution is 2.31. The lowest BCUT2D eigenvalue weighted by molar-refractivity contribution is -0.137. The lowest BCUT2D eigenvalue weighted by Crippen LogP contribution is -2.50. The number of hydrogen-bond donors (Lipinski definition) is 3. The second-order valence-electron chi connectivity index (χ2n) is 11.6. The van der Waals surface area contributed by atoms with Crippen molar-refractivity contribution < 1.29 is 32.7 Å². The average Bonchev–Trinajstić information content (AvgIpc) is 3.10. The van der Waals surface area contributed by atoms with Crippen LogP contribution in [0.4, 0.5) is 29.6 Å². The van der Waals surface area contributed by atoms with Crippen LogP contribution in [0.25, 0.3) is 16.7 Å². The Kier molecular flexibility index (Phi) is 9.22. The van der Waals surface area contributed by atoms with E-state index in [9.17, 15) is 32.3 Å². The largest absolute Gasteiger partial charge is 0.478 e. The van der Waals surface area contributed by atoms with Crippen molar-refractivity contribution in [3.8, 4) is 5.69 Å². The number of hydrogen-bond acceptors (Lipinski definition) is 7. The van der Waals surface area contributed by atoms with Crippen LogP contribution in [0.15, 0.2) is 89.7 Å². The van der Waals surface area contributed by atoms with Crippen molar-refractivity contribution in [3.63, 3.8) is 0 Å². The van der Waals surface area contributed by atoms with Gasteiger partial charge in [0.1, 0.15) is 0 Å². The summed E-state index contributed by atoms with van der Waals surface area (Å²) in [5, 5.41) is 15.0. The fourth-order valence-electron chi connectivity index (χ4n) is 5.54. The molecule has 6 rings (SSSR count). The van der Waals surface area contributed by atoms with E-state index < -0.39 is 23.7 Å². The van der Waals surface area contributed by atoms with Gasteiger partial charge in [0.15, 0.2) is 5.65 Å². The summed E-state index contributed by atoms with van der Waals surface area (Å²) in [6, 6.07) is 19.6. The van der Waals surface area contributed by atoms with Crippen LogP contribution in [0, 0.1) is 6.92 Å². The van der Waals surface area contributed by atoms with Gasteiger partial charge in [-0.1, -0.05) is 18.2 Å². The normalized spacial score (nSPS) is 13.3. The minimum Gasteiger partial charge on any atom is -0.478 e. The number of piperazine rings is 1. The van der Waals surface area contributed by atoms with E-state index in [0.29, 0.717) is 47.0 Å². The number of aromatic carboxylic acids is 1. The molecule has 1 aliphatic heterocycles. The smallest absolute Gasteiger partial charge is 0.416 e. The Morgan fingerprint density at radius 1 is 0.860 bits per heavy atom. The molecule has 15 heteroatoms. The van der Waals surface area contributed by atoms with E-state index >= 15 is 0 Å². The molecule has 3 amide bonds. The third-order valence-electron chi connectivity index (χ3n) is 8.26. The molecule has 3 N–H and O–H groups in total. The first-order valence-electron chi connectivity index (χ1n) is 15.5. The molecule has 0 atom stereocenters. The van der Waals surface area contributed by atoms with Crippen molar-refractivity contribution in [2.24, 2.45) is 0 Å². The van der Waals surface area contributed by atoms with Crippen LogP contribution in [0.5, 0.6) is 0 Å². The summed E-state index contributed by atoms with van der Waals surface area (Å²) < 4.78 is 40.7. The number of fused-ring (bicyclic) bond motifs is 1. The summed E-state index contributed by atoms with van der Waals surface area (Å²) in [4.78, 5) is 62.7. The van der Waals surface area contributed by atoms with Crippen LogP contribution in [-0.2, 0) is 12.7 Å². The van der Waals surface area contributed by atoms with E-state index in [2.05, 4.69) is 15.6 Å². The second-order valence-corrected chi connectivity index (χ2v) is 11.6. The van der Waals surface area contributed by atoms with Crippen LogP contribution >= 0.6 is 0 Å². The van der Waals surface area contributed by atoms with Crippen LogP contribution < -0.4 is 21.1 Å². The van der Waals surface area contributed by atoms with Gasteiger partial charge in [-0.25, -0.2) is 14.6 Å². The molecule has 0 saturated carbocycles. The molecule has 5 aromatic rings. The molecule has 256 valence electrons. The summed E-state index contributed by atoms with van der Waals surface area (Å²) in [6.45, 7) is 3.17. The molecule has 0 aliphatic carbocycles. The molecule has 1 saturated heterocycles. The molecule has 0 spiro atoms. The number of carbonyl (C=O) groups excluding carboxylic acids is 2. The fourth-order valence-corrected chi connectivity index (χ4v) is 5.54. The monoisotopic (exact) mass is 685 g/mol. The lowest BCUT2D eigenvalue weighted by Gasteiger charge is -2.35. The fraction of sp³-hybridized carbons (Fsp3) is 0.200. The number of urea groups is 1. The molecular weight excluding hydrogens is 655 g/mol. The molecule has 1 fully saturated rings. The Labute approximate surface area is 282 Å². The zero-order chi connectivity index (χ0) is 35.6. The maximum atomic E-state index is 13.2. The number of nitrogens with one attached hydrogen (secondary N) is 2. The SMILES string of the molecule is Cc1nc(N2CCN(C(=O)Nc3cccc(C(F)(F)F)c3)CC2)nc2c1ccc(=O)n2-c1ccc(C(=O)NCc2ccc(C(=O)O)cc2)cc1. The predicted molar refractivity (Wildman–Crippen MR) is 179 cm³/mol. The van der Waals surface area contributed by atoms with E-state index in [0.717, 1.165) is 17.7 Å².